The molecule has 0 bridgehead atoms. The molecule has 0 radical (unpaired) electrons. The summed E-state index contributed by atoms with van der Waals surface area (Å²) in [5, 5.41) is -0.147. The van der Waals surface area contributed by atoms with E-state index in [1.165, 1.54) is 0 Å². The van der Waals surface area contributed by atoms with Gasteiger partial charge in [0.1, 0.15) is 6.07 Å². The molecule has 0 saturated carbocycles. The molecule has 0 unspecified atom stereocenters. The molecule has 12 heavy (non-hydrogen) atoms. The first-order valence-electron chi connectivity index (χ1n) is 3.73. The average molecular weight is 213 g/mol. The van der Waals surface area contributed by atoms with Crippen LogP contribution in [-0.4, -0.2) is 29.1 Å². The molecule has 74 valence electrons. The Kier molecular flexibility index (Phi) is 4.72. The van der Waals surface area contributed by atoms with Crippen LogP contribution in [0.1, 0.15) is 20.8 Å². The maximum Gasteiger partial charge on any atom is 0.507 e. The van der Waals surface area contributed by atoms with Crippen molar-refractivity contribution in [3.8, 4) is 0 Å². The molecule has 0 aromatic heterocycles. The van der Waals surface area contributed by atoms with Crippen molar-refractivity contribution in [2.24, 2.45) is 0 Å². The van der Waals surface area contributed by atoms with Gasteiger partial charge in [-0.25, -0.2) is 0 Å². The minimum absolute atomic E-state index is 0.102. The minimum atomic E-state index is -2.58. The third kappa shape index (κ3) is 2.44. The summed E-state index contributed by atoms with van der Waals surface area (Å²) in [7, 11) is 0.605. The van der Waals surface area contributed by atoms with Gasteiger partial charge >= 0.3 is 8.80 Å². The van der Waals surface area contributed by atoms with Crippen molar-refractivity contribution in [3.05, 3.63) is 0 Å². The summed E-state index contributed by atoms with van der Waals surface area (Å²) in [6, 6.07) is 0.102. The Balaban J connectivity index is 4.57. The fourth-order valence-electron chi connectivity index (χ4n) is 1.10. The third-order valence-corrected chi connectivity index (χ3v) is 5.43. The van der Waals surface area contributed by atoms with Gasteiger partial charge in [-0.1, -0.05) is 32.4 Å². The standard InChI is InChI=1S/C7H17ClO3Si/c1-7(2,3)12(9-4,10-5)11-6-8/h6H2,1-5H3. The maximum atomic E-state index is 5.50. The molecular weight excluding hydrogens is 196 g/mol. The first-order valence-corrected chi connectivity index (χ1v) is 5.99. The van der Waals surface area contributed by atoms with Crippen LogP contribution in [0.2, 0.25) is 5.04 Å². The summed E-state index contributed by atoms with van der Waals surface area (Å²) in [4.78, 5) is 0. The van der Waals surface area contributed by atoms with Crippen molar-refractivity contribution < 1.29 is 13.3 Å². The highest BCUT2D eigenvalue weighted by Gasteiger charge is 2.51. The van der Waals surface area contributed by atoms with Gasteiger partial charge in [0.05, 0.1) is 0 Å². The number of halogens is 1. The quantitative estimate of drug-likeness (QED) is 0.529. The van der Waals surface area contributed by atoms with E-state index in [1.807, 2.05) is 20.8 Å². The molecule has 0 aliphatic carbocycles. The first-order chi connectivity index (χ1) is 5.43. The van der Waals surface area contributed by atoms with E-state index in [9.17, 15) is 0 Å². The highest BCUT2D eigenvalue weighted by Crippen LogP contribution is 2.37. The predicted molar refractivity (Wildman–Crippen MR) is 51.3 cm³/mol. The van der Waals surface area contributed by atoms with Crippen LogP contribution in [0.5, 0.6) is 0 Å². The van der Waals surface area contributed by atoms with E-state index in [2.05, 4.69) is 0 Å². The zero-order valence-corrected chi connectivity index (χ0v) is 10.1. The van der Waals surface area contributed by atoms with Gasteiger partial charge in [0.25, 0.3) is 0 Å². The van der Waals surface area contributed by atoms with Gasteiger partial charge < -0.3 is 13.3 Å². The highest BCUT2D eigenvalue weighted by molar-refractivity contribution is 6.64. The molecule has 0 N–H and O–H groups in total. The molecule has 5 heteroatoms. The van der Waals surface area contributed by atoms with Crippen molar-refractivity contribution in [1.29, 1.82) is 0 Å². The molecule has 0 rings (SSSR count). The van der Waals surface area contributed by atoms with Crippen molar-refractivity contribution >= 4 is 20.4 Å². The second kappa shape index (κ2) is 4.57. The normalized spacial score (nSPS) is 13.5. The van der Waals surface area contributed by atoms with E-state index < -0.39 is 8.80 Å². The van der Waals surface area contributed by atoms with Crippen LogP contribution in [-0.2, 0) is 13.3 Å². The van der Waals surface area contributed by atoms with Crippen molar-refractivity contribution in [2.45, 2.75) is 25.8 Å². The van der Waals surface area contributed by atoms with Crippen molar-refractivity contribution in [1.82, 2.24) is 0 Å². The van der Waals surface area contributed by atoms with Gasteiger partial charge in [-0.2, -0.15) is 0 Å². The number of hydrogen-bond acceptors (Lipinski definition) is 3. The van der Waals surface area contributed by atoms with E-state index in [-0.39, 0.29) is 11.1 Å². The molecule has 3 nitrogen and oxygen atoms in total. The topological polar surface area (TPSA) is 27.7 Å². The number of hydrogen-bond donors (Lipinski definition) is 0. The number of rotatable bonds is 4. The van der Waals surface area contributed by atoms with Crippen LogP contribution < -0.4 is 0 Å². The molecule has 0 aromatic rings. The van der Waals surface area contributed by atoms with Gasteiger partial charge in [0.15, 0.2) is 0 Å². The van der Waals surface area contributed by atoms with Gasteiger partial charge in [-0.3, -0.25) is 0 Å². The summed E-state index contributed by atoms with van der Waals surface area (Å²) >= 11 is 5.50. The zero-order chi connectivity index (χ0) is 9.83. The lowest BCUT2D eigenvalue weighted by Crippen LogP contribution is -2.51. The third-order valence-electron chi connectivity index (χ3n) is 1.70. The smallest absolute Gasteiger partial charge is 0.376 e. The van der Waals surface area contributed by atoms with Crippen LogP contribution >= 0.6 is 11.6 Å². The minimum Gasteiger partial charge on any atom is -0.376 e. The average Bonchev–Trinajstić information content (AvgIpc) is 1.98. The molecule has 0 aliphatic rings. The molecule has 0 fully saturated rings. The largest absolute Gasteiger partial charge is 0.507 e. The monoisotopic (exact) mass is 212 g/mol. The van der Waals surface area contributed by atoms with E-state index in [0.717, 1.165) is 0 Å². The van der Waals surface area contributed by atoms with E-state index in [1.54, 1.807) is 14.2 Å². The van der Waals surface area contributed by atoms with Gasteiger partial charge in [-0.15, -0.1) is 0 Å². The van der Waals surface area contributed by atoms with E-state index >= 15 is 0 Å². The van der Waals surface area contributed by atoms with Crippen molar-refractivity contribution in [3.63, 3.8) is 0 Å². The molecular formula is C7H17ClO3Si. The van der Waals surface area contributed by atoms with E-state index in [0.29, 0.717) is 0 Å². The van der Waals surface area contributed by atoms with Gasteiger partial charge in [0.2, 0.25) is 0 Å². The molecule has 0 aromatic carbocycles. The number of alkyl halides is 1. The zero-order valence-electron chi connectivity index (χ0n) is 8.31. The summed E-state index contributed by atoms with van der Waals surface area (Å²) in [5.74, 6) is 0. The van der Waals surface area contributed by atoms with Crippen LogP contribution in [0.15, 0.2) is 0 Å². The summed E-state index contributed by atoms with van der Waals surface area (Å²) in [5.41, 5.74) is 0. The highest BCUT2D eigenvalue weighted by atomic mass is 35.5. The second-order valence-electron chi connectivity index (χ2n) is 3.47. The van der Waals surface area contributed by atoms with Crippen LogP contribution in [0.3, 0.4) is 0 Å². The Labute approximate surface area is 80.3 Å². The molecule has 0 saturated heterocycles. The molecule has 0 heterocycles. The summed E-state index contributed by atoms with van der Waals surface area (Å²) in [6.07, 6.45) is 0. The molecule has 0 amide bonds. The summed E-state index contributed by atoms with van der Waals surface area (Å²) in [6.45, 7) is 6.04. The SMILES string of the molecule is CO[Si](OC)(OCCl)C(C)(C)C. The van der Waals surface area contributed by atoms with Gasteiger partial charge in [-0.05, 0) is 0 Å². The molecule has 0 aliphatic heterocycles. The Bertz CT molecular complexity index is 131. The van der Waals surface area contributed by atoms with Gasteiger partial charge in [0, 0.05) is 19.3 Å². The lowest BCUT2D eigenvalue weighted by atomic mass is 10.3. The van der Waals surface area contributed by atoms with Crippen LogP contribution in [0, 0.1) is 0 Å². The lowest BCUT2D eigenvalue weighted by molar-refractivity contribution is 0.0924. The Morgan fingerprint density at radius 3 is 1.67 bits per heavy atom. The maximum absolute atomic E-state index is 5.50. The first kappa shape index (κ1) is 12.4. The summed E-state index contributed by atoms with van der Waals surface area (Å²) < 4.78 is 16.0. The fraction of sp³-hybridized carbons (Fsp3) is 1.00. The van der Waals surface area contributed by atoms with Crippen LogP contribution in [0.25, 0.3) is 0 Å². The molecule has 0 spiro atoms. The predicted octanol–water partition coefficient (Wildman–Crippen LogP) is 2.23. The Morgan fingerprint density at radius 2 is 1.58 bits per heavy atom. The second-order valence-corrected chi connectivity index (χ2v) is 7.40. The lowest BCUT2D eigenvalue weighted by Gasteiger charge is -2.36. The fourth-order valence-corrected chi connectivity index (χ4v) is 3.74. The van der Waals surface area contributed by atoms with Crippen molar-refractivity contribution in [2.75, 3.05) is 20.3 Å². The Morgan fingerprint density at radius 1 is 1.17 bits per heavy atom. The van der Waals surface area contributed by atoms with E-state index in [4.69, 9.17) is 24.9 Å². The molecule has 0 atom stereocenters. The Hall–Kier alpha value is 0.387. The van der Waals surface area contributed by atoms with Crippen LogP contribution in [0.4, 0.5) is 0 Å².